The molecule has 0 aromatic rings. The third-order valence-electron chi connectivity index (χ3n) is 1.80. The fourth-order valence-electron chi connectivity index (χ4n) is 1.03. The van der Waals surface area contributed by atoms with Crippen molar-refractivity contribution in [1.82, 2.24) is 4.31 Å². The third kappa shape index (κ3) is 9.95. The van der Waals surface area contributed by atoms with E-state index in [0.29, 0.717) is 12.1 Å². The van der Waals surface area contributed by atoms with Crippen LogP contribution >= 0.6 is 11.9 Å². The number of nitrogens with zero attached hydrogens (tertiary/aromatic N) is 1. The van der Waals surface area contributed by atoms with E-state index < -0.39 is 0 Å². The first-order valence-electron chi connectivity index (χ1n) is 5.89. The SMILES string of the molecule is C=C/C=C\C(C=O)=C(/C)CN(C)SC#CC.CC. The summed E-state index contributed by atoms with van der Waals surface area (Å²) in [5.41, 5.74) is 1.71. The van der Waals surface area contributed by atoms with Gasteiger partial charge in [-0.05, 0) is 31.7 Å². The molecule has 0 aromatic carbocycles. The van der Waals surface area contributed by atoms with Gasteiger partial charge in [-0.1, -0.05) is 44.6 Å². The van der Waals surface area contributed by atoms with Gasteiger partial charge in [0.1, 0.15) is 6.29 Å². The predicted octanol–water partition coefficient (Wildman–Crippen LogP) is 3.83. The molecule has 0 amide bonds. The summed E-state index contributed by atoms with van der Waals surface area (Å²) in [6.07, 6.45) is 6.03. The minimum atomic E-state index is 0.691. The van der Waals surface area contributed by atoms with Crippen LogP contribution in [0.1, 0.15) is 27.7 Å². The highest BCUT2D eigenvalue weighted by Gasteiger charge is 2.02. The average Bonchev–Trinajstić information content (AvgIpc) is 2.39. The Morgan fingerprint density at radius 1 is 1.44 bits per heavy atom. The molecule has 0 atom stereocenters. The van der Waals surface area contributed by atoms with Gasteiger partial charge in [0.2, 0.25) is 0 Å². The highest BCUT2D eigenvalue weighted by molar-refractivity contribution is 8.01. The van der Waals surface area contributed by atoms with Crippen molar-refractivity contribution >= 4 is 18.2 Å². The molecule has 0 bridgehead atoms. The lowest BCUT2D eigenvalue weighted by Crippen LogP contribution is -2.12. The van der Waals surface area contributed by atoms with Crippen LogP contribution in [0, 0.1) is 11.2 Å². The van der Waals surface area contributed by atoms with Crippen LogP contribution in [0.5, 0.6) is 0 Å². The second-order valence-electron chi connectivity index (χ2n) is 3.18. The van der Waals surface area contributed by atoms with E-state index in [9.17, 15) is 4.79 Å². The number of allylic oxidation sites excluding steroid dienone is 4. The van der Waals surface area contributed by atoms with Crippen molar-refractivity contribution < 1.29 is 4.79 Å². The monoisotopic (exact) mass is 265 g/mol. The Bertz CT molecular complexity index is 358. The number of carbonyl (C=O) groups is 1. The fourth-order valence-corrected chi connectivity index (χ4v) is 1.54. The van der Waals surface area contributed by atoms with Gasteiger partial charge in [-0.2, -0.15) is 0 Å². The molecule has 0 heterocycles. The molecule has 0 spiro atoms. The molecule has 0 N–H and O–H groups in total. The summed E-state index contributed by atoms with van der Waals surface area (Å²) >= 11 is 1.43. The summed E-state index contributed by atoms with van der Waals surface area (Å²) in [5, 5.41) is 2.90. The maximum atomic E-state index is 10.9. The van der Waals surface area contributed by atoms with Crippen LogP contribution in [0.4, 0.5) is 0 Å². The highest BCUT2D eigenvalue weighted by Crippen LogP contribution is 2.11. The van der Waals surface area contributed by atoms with E-state index in [1.165, 1.54) is 11.9 Å². The summed E-state index contributed by atoms with van der Waals surface area (Å²) in [5.74, 6) is 2.81. The van der Waals surface area contributed by atoms with Crippen LogP contribution in [-0.4, -0.2) is 24.2 Å². The molecule has 0 saturated carbocycles. The van der Waals surface area contributed by atoms with Gasteiger partial charge >= 0.3 is 0 Å². The molecule has 0 radical (unpaired) electrons. The van der Waals surface area contributed by atoms with Crippen molar-refractivity contribution in [3.63, 3.8) is 0 Å². The maximum Gasteiger partial charge on any atom is 0.150 e. The molecular weight excluding hydrogens is 242 g/mol. The lowest BCUT2D eigenvalue weighted by molar-refractivity contribution is -0.104. The summed E-state index contributed by atoms with van der Waals surface area (Å²) in [4.78, 5) is 10.9. The first kappa shape index (κ1) is 19.1. The molecule has 100 valence electrons. The van der Waals surface area contributed by atoms with Crippen molar-refractivity contribution in [2.75, 3.05) is 13.6 Å². The summed E-state index contributed by atoms with van der Waals surface area (Å²) in [6.45, 7) is 12.0. The lowest BCUT2D eigenvalue weighted by Gasteiger charge is -2.12. The Morgan fingerprint density at radius 2 is 2.06 bits per heavy atom. The zero-order chi connectivity index (χ0) is 14.4. The van der Waals surface area contributed by atoms with Crippen LogP contribution in [0.2, 0.25) is 0 Å². The third-order valence-corrected chi connectivity index (χ3v) is 2.53. The van der Waals surface area contributed by atoms with E-state index in [1.807, 2.05) is 32.1 Å². The van der Waals surface area contributed by atoms with E-state index in [-0.39, 0.29) is 0 Å². The number of rotatable bonds is 6. The number of likely N-dealkylation sites (N-methyl/N-ethyl adjacent to an activating group) is 1. The molecule has 0 aliphatic heterocycles. The molecular formula is C15H23NOS. The van der Waals surface area contributed by atoms with Gasteiger partial charge in [-0.3, -0.25) is 4.79 Å². The quantitative estimate of drug-likeness (QED) is 0.239. The Morgan fingerprint density at radius 3 is 2.50 bits per heavy atom. The number of aldehydes is 1. The Hall–Kier alpha value is -1.24. The smallest absolute Gasteiger partial charge is 0.150 e. The van der Waals surface area contributed by atoms with Gasteiger partial charge in [0, 0.05) is 24.1 Å². The molecule has 0 aliphatic carbocycles. The number of hydrogen-bond acceptors (Lipinski definition) is 3. The van der Waals surface area contributed by atoms with E-state index in [4.69, 9.17) is 0 Å². The minimum Gasteiger partial charge on any atom is -0.298 e. The van der Waals surface area contributed by atoms with Gasteiger partial charge in [0.25, 0.3) is 0 Å². The Labute approximate surface area is 116 Å². The van der Waals surface area contributed by atoms with Crippen molar-refractivity contribution in [3.05, 3.63) is 36.0 Å². The normalized spacial score (nSPS) is 11.0. The van der Waals surface area contributed by atoms with E-state index in [0.717, 1.165) is 11.9 Å². The van der Waals surface area contributed by atoms with Crippen molar-refractivity contribution in [2.24, 2.45) is 0 Å². The minimum absolute atomic E-state index is 0.691. The summed E-state index contributed by atoms with van der Waals surface area (Å²) < 4.78 is 1.98. The lowest BCUT2D eigenvalue weighted by atomic mass is 10.1. The molecule has 3 heteroatoms. The summed E-state index contributed by atoms with van der Waals surface area (Å²) in [7, 11) is 1.94. The molecule has 18 heavy (non-hydrogen) atoms. The second kappa shape index (κ2) is 13.8. The zero-order valence-electron chi connectivity index (χ0n) is 12.0. The predicted molar refractivity (Wildman–Crippen MR) is 83.1 cm³/mol. The van der Waals surface area contributed by atoms with Crippen LogP contribution in [0.15, 0.2) is 36.0 Å². The van der Waals surface area contributed by atoms with Crippen LogP contribution in [-0.2, 0) is 4.79 Å². The molecule has 0 aromatic heterocycles. The second-order valence-corrected chi connectivity index (χ2v) is 4.19. The van der Waals surface area contributed by atoms with Crippen molar-refractivity contribution in [1.29, 1.82) is 0 Å². The molecule has 0 unspecified atom stereocenters. The zero-order valence-corrected chi connectivity index (χ0v) is 12.8. The Balaban J connectivity index is 0. The van der Waals surface area contributed by atoms with Crippen LogP contribution in [0.25, 0.3) is 0 Å². The molecule has 0 saturated heterocycles. The van der Waals surface area contributed by atoms with Crippen molar-refractivity contribution in [3.8, 4) is 11.2 Å². The summed E-state index contributed by atoms with van der Waals surface area (Å²) in [6, 6.07) is 0. The fraction of sp³-hybridized carbons (Fsp3) is 0.400. The molecule has 2 nitrogen and oxygen atoms in total. The van der Waals surface area contributed by atoms with E-state index in [1.54, 1.807) is 25.2 Å². The van der Waals surface area contributed by atoms with Gasteiger partial charge < -0.3 is 0 Å². The van der Waals surface area contributed by atoms with Crippen LogP contribution in [0.3, 0.4) is 0 Å². The highest BCUT2D eigenvalue weighted by atomic mass is 32.2. The van der Waals surface area contributed by atoms with Gasteiger partial charge in [0.05, 0.1) is 0 Å². The molecule has 0 aliphatic rings. The average molecular weight is 265 g/mol. The Kier molecular flexibility index (Phi) is 14.7. The largest absolute Gasteiger partial charge is 0.298 e. The first-order valence-corrected chi connectivity index (χ1v) is 6.67. The molecule has 0 fully saturated rings. The van der Waals surface area contributed by atoms with E-state index in [2.05, 4.69) is 17.8 Å². The number of carbonyl (C=O) groups excluding carboxylic acids is 1. The first-order chi connectivity index (χ1) is 8.65. The number of hydrogen-bond donors (Lipinski definition) is 0. The molecule has 0 rings (SSSR count). The standard InChI is InChI=1S/C13H17NOS.C2H6/c1-5-7-8-13(11-15)12(3)10-14(4)16-9-6-2;1-2/h5,7-8,11H,1,10H2,2-4H3;1-2H3/b8-7-,13-12-;. The van der Waals surface area contributed by atoms with Gasteiger partial charge in [-0.15, -0.1) is 0 Å². The maximum absolute atomic E-state index is 10.9. The van der Waals surface area contributed by atoms with Crippen molar-refractivity contribution in [2.45, 2.75) is 27.7 Å². The van der Waals surface area contributed by atoms with Crippen LogP contribution < -0.4 is 0 Å². The van der Waals surface area contributed by atoms with Gasteiger partial charge in [-0.25, -0.2) is 4.31 Å². The topological polar surface area (TPSA) is 20.3 Å². The van der Waals surface area contributed by atoms with E-state index >= 15 is 0 Å². The van der Waals surface area contributed by atoms with Gasteiger partial charge in [0.15, 0.2) is 0 Å².